The van der Waals surface area contributed by atoms with Crippen LogP contribution in [0.2, 0.25) is 0 Å². The topological polar surface area (TPSA) is 69.9 Å². The molecule has 0 unspecified atom stereocenters. The number of likely N-dealkylation sites (tertiary alicyclic amines) is 1. The molecular formula is C34H36N4O2. The highest BCUT2D eigenvalue weighted by Crippen LogP contribution is 2.31. The molecule has 204 valence electrons. The van der Waals surface area contributed by atoms with Crippen molar-refractivity contribution < 1.29 is 9.90 Å². The number of nitrogens with one attached hydrogen (secondary N) is 1. The van der Waals surface area contributed by atoms with Crippen LogP contribution < -0.4 is 5.32 Å². The van der Waals surface area contributed by atoms with Gasteiger partial charge >= 0.3 is 0 Å². The van der Waals surface area contributed by atoms with Crippen molar-refractivity contribution in [3.63, 3.8) is 0 Å². The average Bonchev–Trinajstić information content (AvgIpc) is 3.60. The number of benzene rings is 3. The van der Waals surface area contributed by atoms with Gasteiger partial charge in [-0.25, -0.2) is 4.98 Å². The van der Waals surface area contributed by atoms with Crippen LogP contribution in [0.5, 0.6) is 0 Å². The first-order chi connectivity index (χ1) is 19.5. The molecule has 3 aromatic carbocycles. The molecule has 6 rings (SSSR count). The third-order valence-corrected chi connectivity index (χ3v) is 8.14. The second-order valence-corrected chi connectivity index (χ2v) is 10.9. The van der Waals surface area contributed by atoms with Gasteiger partial charge in [-0.3, -0.25) is 14.1 Å². The van der Waals surface area contributed by atoms with E-state index < -0.39 is 12.1 Å². The Morgan fingerprint density at radius 2 is 1.62 bits per heavy atom. The van der Waals surface area contributed by atoms with E-state index in [9.17, 15) is 9.90 Å². The summed E-state index contributed by atoms with van der Waals surface area (Å²) in [5.74, 6) is -0.0721. The second kappa shape index (κ2) is 11.2. The summed E-state index contributed by atoms with van der Waals surface area (Å²) < 4.78 is 2.25. The Kier molecular flexibility index (Phi) is 7.37. The molecule has 0 bridgehead atoms. The summed E-state index contributed by atoms with van der Waals surface area (Å²) in [5.41, 5.74) is 8.66. The van der Waals surface area contributed by atoms with E-state index in [0.717, 1.165) is 54.8 Å². The number of aliphatic hydroxyl groups excluding tert-OH is 1. The fourth-order valence-corrected chi connectivity index (χ4v) is 6.23. The summed E-state index contributed by atoms with van der Waals surface area (Å²) >= 11 is 0. The summed E-state index contributed by atoms with van der Waals surface area (Å²) in [4.78, 5) is 20.9. The maximum Gasteiger partial charge on any atom is 0.242 e. The smallest absolute Gasteiger partial charge is 0.242 e. The lowest BCUT2D eigenvalue weighted by molar-refractivity contribution is -0.127. The van der Waals surface area contributed by atoms with Crippen molar-refractivity contribution >= 4 is 22.5 Å². The second-order valence-electron chi connectivity index (χ2n) is 10.9. The fourth-order valence-electron chi connectivity index (χ4n) is 6.23. The molecule has 0 radical (unpaired) electrons. The van der Waals surface area contributed by atoms with E-state index in [4.69, 9.17) is 4.98 Å². The quantitative estimate of drug-likeness (QED) is 0.270. The molecule has 6 nitrogen and oxygen atoms in total. The van der Waals surface area contributed by atoms with E-state index in [1.54, 1.807) is 0 Å². The van der Waals surface area contributed by atoms with E-state index in [2.05, 4.69) is 76.1 Å². The third kappa shape index (κ3) is 5.01. The van der Waals surface area contributed by atoms with Crippen molar-refractivity contribution in [1.29, 1.82) is 0 Å². The predicted octanol–water partition coefficient (Wildman–Crippen LogP) is 5.68. The molecule has 1 saturated heterocycles. The predicted molar refractivity (Wildman–Crippen MR) is 159 cm³/mol. The largest absolute Gasteiger partial charge is 0.394 e. The molecular weight excluding hydrogens is 496 g/mol. The lowest BCUT2D eigenvalue weighted by Crippen LogP contribution is -2.41. The number of aromatic nitrogens is 2. The standard InChI is InChI=1S/C34H36N4O2/c1-23-20-24(2)38-31-13-7-6-12-28(31)29(33(38)35-23)21-25-14-16-27(17-15-25)32(37-18-8-9-19-37)34(40)36-30(22-39)26-10-4-3-5-11-26/h3-7,10-17,20,30,32,39H,8-9,18-19,21-22H2,1-2H3,(H,36,40)/t30-,32-/m0/s1. The van der Waals surface area contributed by atoms with Crippen LogP contribution in [0, 0.1) is 13.8 Å². The van der Waals surface area contributed by atoms with Gasteiger partial charge in [0.25, 0.3) is 0 Å². The fraction of sp³-hybridized carbons (Fsp3) is 0.294. The van der Waals surface area contributed by atoms with Crippen LogP contribution in [0.3, 0.4) is 0 Å². The maximum atomic E-state index is 13.7. The lowest BCUT2D eigenvalue weighted by atomic mass is 9.98. The molecule has 6 heteroatoms. The highest BCUT2D eigenvalue weighted by molar-refractivity contribution is 5.91. The van der Waals surface area contributed by atoms with E-state index in [1.807, 2.05) is 37.3 Å². The van der Waals surface area contributed by atoms with E-state index in [-0.39, 0.29) is 12.5 Å². The normalized spacial score (nSPS) is 15.5. The Morgan fingerprint density at radius 1 is 0.925 bits per heavy atom. The van der Waals surface area contributed by atoms with Crippen molar-refractivity contribution in [2.75, 3.05) is 19.7 Å². The Morgan fingerprint density at radius 3 is 2.35 bits per heavy atom. The first-order valence-electron chi connectivity index (χ1n) is 14.2. The zero-order chi connectivity index (χ0) is 27.6. The molecule has 1 aliphatic heterocycles. The SMILES string of the molecule is Cc1cc(C)n2c(n1)c(Cc1ccc([C@@H](C(=O)N[C@@H](CO)c3ccccc3)N3CCCC3)cc1)c1ccccc12. The number of nitrogens with zero attached hydrogens (tertiary/aromatic N) is 3. The van der Waals surface area contributed by atoms with Crippen LogP contribution >= 0.6 is 0 Å². The Balaban J connectivity index is 1.30. The van der Waals surface area contributed by atoms with Crippen molar-refractivity contribution in [3.8, 4) is 0 Å². The number of aliphatic hydroxyl groups is 1. The molecule has 5 aromatic rings. The average molecular weight is 533 g/mol. The lowest BCUT2D eigenvalue weighted by Gasteiger charge is -2.29. The van der Waals surface area contributed by atoms with Crippen LogP contribution in [-0.2, 0) is 11.2 Å². The minimum Gasteiger partial charge on any atom is -0.394 e. The van der Waals surface area contributed by atoms with Gasteiger partial charge in [0.1, 0.15) is 11.7 Å². The van der Waals surface area contributed by atoms with E-state index in [0.29, 0.717) is 0 Å². The van der Waals surface area contributed by atoms with Crippen LogP contribution in [0.25, 0.3) is 16.6 Å². The molecule has 2 atom stereocenters. The zero-order valence-electron chi connectivity index (χ0n) is 23.2. The summed E-state index contributed by atoms with van der Waals surface area (Å²) in [5, 5.41) is 14.4. The highest BCUT2D eigenvalue weighted by Gasteiger charge is 2.31. The number of para-hydroxylation sites is 1. The van der Waals surface area contributed by atoms with Crippen molar-refractivity contribution in [2.24, 2.45) is 0 Å². The van der Waals surface area contributed by atoms with Gasteiger partial charge in [0.15, 0.2) is 0 Å². The van der Waals surface area contributed by atoms with Gasteiger partial charge in [0.05, 0.1) is 18.2 Å². The van der Waals surface area contributed by atoms with Crippen LogP contribution in [-0.4, -0.2) is 45.0 Å². The van der Waals surface area contributed by atoms with Gasteiger partial charge in [-0.05, 0) is 68.6 Å². The first-order valence-corrected chi connectivity index (χ1v) is 14.2. The van der Waals surface area contributed by atoms with Crippen molar-refractivity contribution in [2.45, 2.75) is 45.2 Å². The monoisotopic (exact) mass is 532 g/mol. The number of hydrogen-bond donors (Lipinski definition) is 2. The summed E-state index contributed by atoms with van der Waals surface area (Å²) in [6.45, 7) is 5.82. The number of rotatable bonds is 8. The number of aryl methyl sites for hydroxylation is 2. The molecule has 0 spiro atoms. The van der Waals surface area contributed by atoms with Crippen LogP contribution in [0.1, 0.15) is 58.6 Å². The number of carbonyl (C=O) groups is 1. The minimum atomic E-state index is -0.436. The summed E-state index contributed by atoms with van der Waals surface area (Å²) in [6.07, 6.45) is 2.93. The first kappa shape index (κ1) is 26.2. The molecule has 3 heterocycles. The molecule has 40 heavy (non-hydrogen) atoms. The molecule has 2 aromatic heterocycles. The summed E-state index contributed by atoms with van der Waals surface area (Å²) in [7, 11) is 0. The van der Waals surface area contributed by atoms with Crippen LogP contribution in [0.15, 0.2) is 84.9 Å². The van der Waals surface area contributed by atoms with Gasteiger partial charge in [0.2, 0.25) is 5.91 Å². The Labute approximate surface area is 235 Å². The van der Waals surface area contributed by atoms with Gasteiger partial charge in [-0.2, -0.15) is 0 Å². The highest BCUT2D eigenvalue weighted by atomic mass is 16.3. The molecule has 0 aliphatic carbocycles. The molecule has 1 fully saturated rings. The molecule has 0 saturated carbocycles. The zero-order valence-corrected chi connectivity index (χ0v) is 23.2. The Hall–Kier alpha value is -4.00. The molecule has 2 N–H and O–H groups in total. The van der Waals surface area contributed by atoms with Crippen LogP contribution in [0.4, 0.5) is 0 Å². The van der Waals surface area contributed by atoms with E-state index >= 15 is 0 Å². The number of hydrogen-bond acceptors (Lipinski definition) is 4. The van der Waals surface area contributed by atoms with Crippen molar-refractivity contribution in [3.05, 3.63) is 119 Å². The number of fused-ring (bicyclic) bond motifs is 3. The molecule has 1 amide bonds. The maximum absolute atomic E-state index is 13.7. The number of carbonyl (C=O) groups excluding carboxylic acids is 1. The Bertz CT molecular complexity index is 1640. The van der Waals surface area contributed by atoms with Gasteiger partial charge in [0, 0.05) is 28.8 Å². The number of amides is 1. The third-order valence-electron chi connectivity index (χ3n) is 8.14. The van der Waals surface area contributed by atoms with Gasteiger partial charge in [-0.15, -0.1) is 0 Å². The van der Waals surface area contributed by atoms with Crippen molar-refractivity contribution in [1.82, 2.24) is 19.6 Å². The van der Waals surface area contributed by atoms with Gasteiger partial charge < -0.3 is 10.4 Å². The minimum absolute atomic E-state index is 0.0721. The van der Waals surface area contributed by atoms with Gasteiger partial charge in [-0.1, -0.05) is 72.8 Å². The van der Waals surface area contributed by atoms with E-state index in [1.165, 1.54) is 27.7 Å². The summed E-state index contributed by atoms with van der Waals surface area (Å²) in [6, 6.07) is 28.0. The molecule has 1 aliphatic rings.